The van der Waals surface area contributed by atoms with Crippen molar-refractivity contribution in [2.75, 3.05) is 6.61 Å². The molecule has 1 saturated heterocycles. The lowest BCUT2D eigenvalue weighted by Crippen LogP contribution is -2.63. The van der Waals surface area contributed by atoms with Gasteiger partial charge in [-0.1, -0.05) is 91.0 Å². The number of nitrogens with zero attached hydrogens (tertiary/aromatic N) is 1. The van der Waals surface area contributed by atoms with Gasteiger partial charge in [-0.15, -0.1) is 0 Å². The van der Waals surface area contributed by atoms with E-state index >= 15 is 0 Å². The lowest BCUT2D eigenvalue weighted by molar-refractivity contribution is -0.384. The zero-order valence-electron chi connectivity index (χ0n) is 27.0. The maximum absolute atomic E-state index is 12.5. The van der Waals surface area contributed by atoms with Crippen LogP contribution in [0.25, 0.3) is 0 Å². The van der Waals surface area contributed by atoms with Gasteiger partial charge in [-0.3, -0.25) is 24.5 Å². The molecule has 5 rings (SSSR count). The van der Waals surface area contributed by atoms with Gasteiger partial charge in [-0.2, -0.15) is 0 Å². The van der Waals surface area contributed by atoms with Crippen LogP contribution in [0.3, 0.4) is 0 Å². The highest BCUT2D eigenvalue weighted by Gasteiger charge is 2.54. The lowest BCUT2D eigenvalue weighted by Gasteiger charge is -2.45. The molecule has 5 atom stereocenters. The van der Waals surface area contributed by atoms with Gasteiger partial charge in [0.1, 0.15) is 17.5 Å². The molecular weight excluding hydrogens is 634 g/mol. The SMILES string of the molecule is CC(=O)OC1C(COC(c2ccccc2)(c2ccccc2)c2ccccc2)OC(Oc2ccc([N+](=O)[O-])cc2)C(OC(C)=O)C1OC(C)=O. The van der Waals surface area contributed by atoms with Crippen LogP contribution >= 0.6 is 0 Å². The molecule has 0 aromatic heterocycles. The molecule has 49 heavy (non-hydrogen) atoms. The number of nitro groups is 1. The van der Waals surface area contributed by atoms with E-state index in [-0.39, 0.29) is 18.0 Å². The van der Waals surface area contributed by atoms with E-state index < -0.39 is 59.1 Å². The number of non-ortho nitro benzene ring substituents is 1. The number of esters is 3. The number of hydrogen-bond donors (Lipinski definition) is 0. The van der Waals surface area contributed by atoms with Crippen molar-refractivity contribution in [3.05, 3.63) is 142 Å². The van der Waals surface area contributed by atoms with Crippen molar-refractivity contribution in [3.8, 4) is 5.75 Å². The molecule has 0 radical (unpaired) electrons. The van der Waals surface area contributed by atoms with Crippen molar-refractivity contribution in [1.82, 2.24) is 0 Å². The monoisotopic (exact) mass is 669 g/mol. The fraction of sp³-hybridized carbons (Fsp3) is 0.270. The molecule has 0 N–H and O–H groups in total. The van der Waals surface area contributed by atoms with Crippen LogP contribution < -0.4 is 4.74 Å². The maximum Gasteiger partial charge on any atom is 0.303 e. The van der Waals surface area contributed by atoms with E-state index in [1.807, 2.05) is 91.0 Å². The Labute approximate surface area is 282 Å². The van der Waals surface area contributed by atoms with E-state index in [1.54, 1.807) is 0 Å². The Morgan fingerprint density at radius 1 is 0.653 bits per heavy atom. The Morgan fingerprint density at radius 3 is 1.51 bits per heavy atom. The molecule has 4 aromatic carbocycles. The van der Waals surface area contributed by atoms with Crippen LogP contribution in [0.4, 0.5) is 5.69 Å². The quantitative estimate of drug-likeness (QED) is 0.0618. The first kappa shape index (κ1) is 34.7. The minimum Gasteiger partial charge on any atom is -0.461 e. The van der Waals surface area contributed by atoms with Gasteiger partial charge in [0, 0.05) is 32.9 Å². The summed E-state index contributed by atoms with van der Waals surface area (Å²) in [7, 11) is 0. The Morgan fingerprint density at radius 2 is 1.08 bits per heavy atom. The van der Waals surface area contributed by atoms with Gasteiger partial charge in [0.05, 0.1) is 11.5 Å². The van der Waals surface area contributed by atoms with E-state index in [2.05, 4.69) is 0 Å². The Kier molecular flexibility index (Phi) is 11.0. The summed E-state index contributed by atoms with van der Waals surface area (Å²) < 4.78 is 36.3. The average Bonchev–Trinajstić information content (AvgIpc) is 3.09. The number of rotatable bonds is 12. The molecule has 0 amide bonds. The van der Waals surface area contributed by atoms with Crippen molar-refractivity contribution in [2.45, 2.75) is 57.1 Å². The number of hydrogen-bond acceptors (Lipinski definition) is 11. The zero-order valence-corrected chi connectivity index (χ0v) is 27.0. The largest absolute Gasteiger partial charge is 0.461 e. The van der Waals surface area contributed by atoms with Gasteiger partial charge in [-0.05, 0) is 28.8 Å². The summed E-state index contributed by atoms with van der Waals surface area (Å²) in [6.45, 7) is 3.25. The molecule has 12 heteroatoms. The van der Waals surface area contributed by atoms with Gasteiger partial charge in [-0.25, -0.2) is 0 Å². The van der Waals surface area contributed by atoms with Gasteiger partial charge >= 0.3 is 17.9 Å². The Hall–Kier alpha value is -5.59. The molecule has 1 aliphatic heterocycles. The third-order valence-corrected chi connectivity index (χ3v) is 7.80. The Balaban J connectivity index is 1.60. The topological polar surface area (TPSA) is 150 Å². The van der Waals surface area contributed by atoms with Gasteiger partial charge in [0.2, 0.25) is 12.4 Å². The standard InChI is InChI=1S/C37H35NO11/c1-24(39)45-33-32(23-44-37(27-13-7-4-8-14-27,28-15-9-5-10-16-28)29-17-11-6-12-18-29)49-36(35(47-26(3)41)34(33)46-25(2)40)48-31-21-19-30(20-22-31)38(42)43/h4-22,32-36H,23H2,1-3H3. The molecule has 12 nitrogen and oxygen atoms in total. The molecular formula is C37H35NO11. The summed E-state index contributed by atoms with van der Waals surface area (Å²) in [5.41, 5.74) is 0.999. The highest BCUT2D eigenvalue weighted by Crippen LogP contribution is 2.41. The van der Waals surface area contributed by atoms with E-state index in [4.69, 9.17) is 28.4 Å². The van der Waals surface area contributed by atoms with Crippen molar-refractivity contribution >= 4 is 23.6 Å². The second-order valence-corrected chi connectivity index (χ2v) is 11.2. The molecule has 0 saturated carbocycles. The average molecular weight is 670 g/mol. The maximum atomic E-state index is 12.5. The van der Waals surface area contributed by atoms with E-state index in [1.165, 1.54) is 31.2 Å². The number of carbonyl (C=O) groups is 3. The van der Waals surface area contributed by atoms with Crippen LogP contribution in [0.5, 0.6) is 5.75 Å². The molecule has 1 heterocycles. The first-order chi connectivity index (χ1) is 23.6. The van der Waals surface area contributed by atoms with Gasteiger partial charge < -0.3 is 28.4 Å². The Bertz CT molecular complexity index is 1640. The molecule has 1 aliphatic rings. The summed E-state index contributed by atoms with van der Waals surface area (Å²) in [5.74, 6) is -2.09. The zero-order chi connectivity index (χ0) is 35.0. The smallest absolute Gasteiger partial charge is 0.303 e. The first-order valence-electron chi connectivity index (χ1n) is 15.5. The first-order valence-corrected chi connectivity index (χ1v) is 15.5. The number of nitro benzene ring substituents is 1. The predicted molar refractivity (Wildman–Crippen MR) is 174 cm³/mol. The van der Waals surface area contributed by atoms with Gasteiger partial charge in [0.15, 0.2) is 12.2 Å². The molecule has 0 aliphatic carbocycles. The molecule has 5 unspecified atom stereocenters. The van der Waals surface area contributed by atoms with Crippen molar-refractivity contribution in [2.24, 2.45) is 0 Å². The molecule has 4 aromatic rings. The van der Waals surface area contributed by atoms with E-state index in [0.717, 1.165) is 30.5 Å². The molecule has 0 spiro atoms. The summed E-state index contributed by atoms with van der Waals surface area (Å²) >= 11 is 0. The normalized spacial score (nSPS) is 20.4. The van der Waals surface area contributed by atoms with Crippen molar-refractivity contribution in [3.63, 3.8) is 0 Å². The summed E-state index contributed by atoms with van der Waals surface area (Å²) in [6.07, 6.45) is -6.72. The fourth-order valence-electron chi connectivity index (χ4n) is 5.84. The van der Waals surface area contributed by atoms with Crippen LogP contribution in [0.2, 0.25) is 0 Å². The number of ether oxygens (including phenoxy) is 6. The molecule has 0 bridgehead atoms. The number of carbonyl (C=O) groups excluding carboxylic acids is 3. The van der Waals surface area contributed by atoms with E-state index in [0.29, 0.717) is 0 Å². The van der Waals surface area contributed by atoms with Crippen LogP contribution in [-0.4, -0.2) is 60.1 Å². The summed E-state index contributed by atoms with van der Waals surface area (Å²) in [4.78, 5) is 47.9. The predicted octanol–water partition coefficient (Wildman–Crippen LogP) is 5.50. The third kappa shape index (κ3) is 8.11. The summed E-state index contributed by atoms with van der Waals surface area (Å²) in [6, 6.07) is 33.8. The second-order valence-electron chi connectivity index (χ2n) is 11.2. The third-order valence-electron chi connectivity index (χ3n) is 7.80. The second kappa shape index (κ2) is 15.5. The lowest BCUT2D eigenvalue weighted by atomic mass is 9.80. The minimum atomic E-state index is -1.44. The van der Waals surface area contributed by atoms with Crippen LogP contribution in [0.1, 0.15) is 37.5 Å². The van der Waals surface area contributed by atoms with Crippen molar-refractivity contribution in [1.29, 1.82) is 0 Å². The fourth-order valence-corrected chi connectivity index (χ4v) is 5.84. The number of benzene rings is 4. The van der Waals surface area contributed by atoms with Gasteiger partial charge in [0.25, 0.3) is 5.69 Å². The molecule has 254 valence electrons. The summed E-state index contributed by atoms with van der Waals surface area (Å²) in [5, 5.41) is 11.2. The van der Waals surface area contributed by atoms with Crippen LogP contribution in [0.15, 0.2) is 115 Å². The van der Waals surface area contributed by atoms with Crippen LogP contribution in [-0.2, 0) is 43.7 Å². The molecule has 1 fully saturated rings. The van der Waals surface area contributed by atoms with Crippen molar-refractivity contribution < 1.29 is 47.7 Å². The van der Waals surface area contributed by atoms with E-state index in [9.17, 15) is 24.5 Å². The minimum absolute atomic E-state index is 0.132. The highest BCUT2D eigenvalue weighted by atomic mass is 16.7. The highest BCUT2D eigenvalue weighted by molar-refractivity contribution is 5.68. The van der Waals surface area contributed by atoms with Crippen LogP contribution in [0, 0.1) is 10.1 Å².